The second-order valence-corrected chi connectivity index (χ2v) is 3.65. The van der Waals surface area contributed by atoms with Crippen LogP contribution in [0.5, 0.6) is 0 Å². The number of esters is 1. The van der Waals surface area contributed by atoms with E-state index in [4.69, 9.17) is 0 Å². The highest BCUT2D eigenvalue weighted by Gasteiger charge is 2.14. The molecule has 3 heteroatoms. The van der Waals surface area contributed by atoms with Crippen molar-refractivity contribution in [2.75, 3.05) is 7.11 Å². The van der Waals surface area contributed by atoms with Crippen LogP contribution in [-0.2, 0) is 4.74 Å². The number of rotatable bonds is 4. The fourth-order valence-electron chi connectivity index (χ4n) is 1.37. The van der Waals surface area contributed by atoms with Gasteiger partial charge in [-0.05, 0) is 17.7 Å². The minimum atomic E-state index is -0.593. The molecule has 0 aliphatic rings. The van der Waals surface area contributed by atoms with Crippen LogP contribution in [0.3, 0.4) is 0 Å². The lowest BCUT2D eigenvalue weighted by Crippen LogP contribution is -2.07. The Labute approximate surface area is 95.4 Å². The Hall–Kier alpha value is -1.61. The van der Waals surface area contributed by atoms with Crippen molar-refractivity contribution in [1.29, 1.82) is 0 Å². The van der Waals surface area contributed by atoms with Crippen molar-refractivity contribution in [3.05, 3.63) is 48.0 Å². The van der Waals surface area contributed by atoms with E-state index in [1.165, 1.54) is 7.11 Å². The van der Waals surface area contributed by atoms with Gasteiger partial charge in [0.15, 0.2) is 0 Å². The van der Waals surface area contributed by atoms with Gasteiger partial charge in [0, 0.05) is 5.92 Å². The summed E-state index contributed by atoms with van der Waals surface area (Å²) in [7, 11) is 1.34. The number of carbonyl (C=O) groups excluding carboxylic acids is 1. The topological polar surface area (TPSA) is 46.5 Å². The summed E-state index contributed by atoms with van der Waals surface area (Å²) in [5.41, 5.74) is 1.24. The summed E-state index contributed by atoms with van der Waals surface area (Å²) >= 11 is 0. The predicted molar refractivity (Wildman–Crippen MR) is 62.1 cm³/mol. The number of methoxy groups -OCH3 is 1. The zero-order valence-electron chi connectivity index (χ0n) is 9.51. The first-order valence-electron chi connectivity index (χ1n) is 5.09. The fraction of sp³-hybridized carbons (Fsp3) is 0.308. The normalized spacial score (nSPS) is 13.9. The van der Waals surface area contributed by atoms with E-state index in [0.717, 1.165) is 5.56 Å². The molecular weight excluding hydrogens is 204 g/mol. The molecule has 0 saturated heterocycles. The van der Waals surface area contributed by atoms with E-state index in [1.54, 1.807) is 30.3 Å². The van der Waals surface area contributed by atoms with Crippen molar-refractivity contribution in [3.8, 4) is 0 Å². The van der Waals surface area contributed by atoms with Crippen LogP contribution in [0.15, 0.2) is 36.9 Å². The summed E-state index contributed by atoms with van der Waals surface area (Å²) in [6.45, 7) is 5.51. The van der Waals surface area contributed by atoms with Gasteiger partial charge < -0.3 is 9.84 Å². The number of aliphatic hydroxyl groups is 1. The molecule has 0 amide bonds. The third-order valence-corrected chi connectivity index (χ3v) is 2.54. The van der Waals surface area contributed by atoms with Gasteiger partial charge in [-0.3, -0.25) is 0 Å². The van der Waals surface area contributed by atoms with Gasteiger partial charge in [0.2, 0.25) is 0 Å². The quantitative estimate of drug-likeness (QED) is 0.625. The Morgan fingerprint density at radius 3 is 2.44 bits per heavy atom. The number of ether oxygens (including phenoxy) is 1. The van der Waals surface area contributed by atoms with Crippen molar-refractivity contribution < 1.29 is 14.6 Å². The van der Waals surface area contributed by atoms with E-state index < -0.39 is 6.10 Å². The van der Waals surface area contributed by atoms with E-state index in [2.05, 4.69) is 11.3 Å². The zero-order valence-corrected chi connectivity index (χ0v) is 9.51. The Kier molecular flexibility index (Phi) is 4.26. The second-order valence-electron chi connectivity index (χ2n) is 3.65. The smallest absolute Gasteiger partial charge is 0.337 e. The highest BCUT2D eigenvalue weighted by molar-refractivity contribution is 5.89. The van der Waals surface area contributed by atoms with Crippen LogP contribution in [0.25, 0.3) is 0 Å². The molecule has 16 heavy (non-hydrogen) atoms. The van der Waals surface area contributed by atoms with Crippen molar-refractivity contribution in [2.24, 2.45) is 5.92 Å². The van der Waals surface area contributed by atoms with E-state index in [9.17, 15) is 9.90 Å². The molecule has 3 nitrogen and oxygen atoms in total. The SMILES string of the molecule is C=C[C@H](C)[C@@H](O)c1ccc(C(=O)OC)cc1. The van der Waals surface area contributed by atoms with Crippen molar-refractivity contribution >= 4 is 5.97 Å². The Morgan fingerprint density at radius 1 is 1.44 bits per heavy atom. The van der Waals surface area contributed by atoms with Gasteiger partial charge in [0.1, 0.15) is 0 Å². The fourth-order valence-corrected chi connectivity index (χ4v) is 1.37. The highest BCUT2D eigenvalue weighted by Crippen LogP contribution is 2.22. The molecular formula is C13H16O3. The van der Waals surface area contributed by atoms with Gasteiger partial charge >= 0.3 is 5.97 Å². The number of benzene rings is 1. The molecule has 0 unspecified atom stereocenters. The van der Waals surface area contributed by atoms with Crippen molar-refractivity contribution in [1.82, 2.24) is 0 Å². The molecule has 0 aromatic heterocycles. The van der Waals surface area contributed by atoms with Crippen LogP contribution in [0.4, 0.5) is 0 Å². The Bertz CT molecular complexity index is 367. The molecule has 1 N–H and O–H groups in total. The van der Waals surface area contributed by atoms with E-state index >= 15 is 0 Å². The van der Waals surface area contributed by atoms with Crippen LogP contribution < -0.4 is 0 Å². The van der Waals surface area contributed by atoms with Gasteiger partial charge in [-0.25, -0.2) is 4.79 Å². The Morgan fingerprint density at radius 2 is 2.00 bits per heavy atom. The summed E-state index contributed by atoms with van der Waals surface area (Å²) in [4.78, 5) is 11.2. The monoisotopic (exact) mass is 220 g/mol. The number of hydrogen-bond acceptors (Lipinski definition) is 3. The van der Waals surface area contributed by atoms with Gasteiger partial charge in [-0.15, -0.1) is 6.58 Å². The minimum Gasteiger partial charge on any atom is -0.465 e. The molecule has 0 radical (unpaired) electrons. The minimum absolute atomic E-state index is 0.0241. The highest BCUT2D eigenvalue weighted by atomic mass is 16.5. The molecule has 0 aliphatic carbocycles. The van der Waals surface area contributed by atoms with Crippen LogP contribution >= 0.6 is 0 Å². The molecule has 0 aliphatic heterocycles. The molecule has 2 atom stereocenters. The molecule has 0 heterocycles. The van der Waals surface area contributed by atoms with Gasteiger partial charge in [0.05, 0.1) is 18.8 Å². The van der Waals surface area contributed by atoms with Crippen LogP contribution in [0.1, 0.15) is 28.9 Å². The standard InChI is InChI=1S/C13H16O3/c1-4-9(2)12(14)10-5-7-11(8-6-10)13(15)16-3/h4-9,12,14H,1H2,2-3H3/t9-,12+/m0/s1. The van der Waals surface area contributed by atoms with E-state index in [-0.39, 0.29) is 11.9 Å². The number of hydrogen-bond donors (Lipinski definition) is 1. The van der Waals surface area contributed by atoms with Crippen LogP contribution in [0, 0.1) is 5.92 Å². The summed E-state index contributed by atoms with van der Waals surface area (Å²) in [6.07, 6.45) is 1.10. The molecule has 86 valence electrons. The lowest BCUT2D eigenvalue weighted by atomic mass is 9.97. The first-order chi connectivity index (χ1) is 7.60. The largest absolute Gasteiger partial charge is 0.465 e. The molecule has 0 bridgehead atoms. The molecule has 0 fully saturated rings. The van der Waals surface area contributed by atoms with Gasteiger partial charge in [0.25, 0.3) is 0 Å². The lowest BCUT2D eigenvalue weighted by Gasteiger charge is -2.15. The summed E-state index contributed by atoms with van der Waals surface area (Å²) in [5, 5.41) is 9.89. The van der Waals surface area contributed by atoms with Gasteiger partial charge in [-0.2, -0.15) is 0 Å². The zero-order chi connectivity index (χ0) is 12.1. The van der Waals surface area contributed by atoms with Crippen molar-refractivity contribution in [2.45, 2.75) is 13.0 Å². The average molecular weight is 220 g/mol. The number of aliphatic hydroxyl groups excluding tert-OH is 1. The number of carbonyl (C=O) groups is 1. The average Bonchev–Trinajstić information content (AvgIpc) is 2.36. The predicted octanol–water partition coefficient (Wildman–Crippen LogP) is 2.33. The van der Waals surface area contributed by atoms with Crippen LogP contribution in [-0.4, -0.2) is 18.2 Å². The molecule has 1 aromatic carbocycles. The van der Waals surface area contributed by atoms with E-state index in [1.807, 2.05) is 6.92 Å². The van der Waals surface area contributed by atoms with E-state index in [0.29, 0.717) is 5.56 Å². The third-order valence-electron chi connectivity index (χ3n) is 2.54. The van der Waals surface area contributed by atoms with Crippen LogP contribution in [0.2, 0.25) is 0 Å². The maximum absolute atomic E-state index is 11.2. The first kappa shape index (κ1) is 12.5. The summed E-state index contributed by atoms with van der Waals surface area (Å²) < 4.78 is 4.59. The molecule has 1 rings (SSSR count). The molecule has 0 spiro atoms. The summed E-state index contributed by atoms with van der Waals surface area (Å²) in [5.74, 6) is -0.401. The maximum atomic E-state index is 11.2. The maximum Gasteiger partial charge on any atom is 0.337 e. The summed E-state index contributed by atoms with van der Waals surface area (Å²) in [6, 6.07) is 6.72. The first-order valence-corrected chi connectivity index (χ1v) is 5.09. The lowest BCUT2D eigenvalue weighted by molar-refractivity contribution is 0.0600. The second kappa shape index (κ2) is 5.47. The molecule has 0 saturated carbocycles. The van der Waals surface area contributed by atoms with Gasteiger partial charge in [-0.1, -0.05) is 25.1 Å². The van der Waals surface area contributed by atoms with Crippen molar-refractivity contribution in [3.63, 3.8) is 0 Å². The third kappa shape index (κ3) is 2.70. The Balaban J connectivity index is 2.86. The molecule has 1 aromatic rings.